The molecule has 3 atom stereocenters. The highest BCUT2D eigenvalue weighted by molar-refractivity contribution is 7.37. The van der Waals surface area contributed by atoms with Crippen molar-refractivity contribution in [2.45, 2.75) is 37.8 Å². The summed E-state index contributed by atoms with van der Waals surface area (Å²) >= 11 is 0. The molecule has 1 heterocycles. The van der Waals surface area contributed by atoms with Gasteiger partial charge in [-0.1, -0.05) is 69.2 Å². The van der Waals surface area contributed by atoms with E-state index >= 15 is 0 Å². The average molecular weight is 327 g/mol. The molecular weight excluding hydrogens is 301 g/mol. The van der Waals surface area contributed by atoms with Crippen molar-refractivity contribution in [3.63, 3.8) is 0 Å². The molecule has 0 saturated carbocycles. The second-order valence-corrected chi connectivity index (χ2v) is 7.44. The van der Waals surface area contributed by atoms with Gasteiger partial charge in [-0.25, -0.2) is 0 Å². The van der Waals surface area contributed by atoms with Crippen LogP contribution in [0.1, 0.15) is 24.0 Å². The highest BCUT2D eigenvalue weighted by Crippen LogP contribution is 2.29. The quantitative estimate of drug-likeness (QED) is 0.724. The Labute approximate surface area is 141 Å². The summed E-state index contributed by atoms with van der Waals surface area (Å²) in [5.74, 6) is 0.488. The van der Waals surface area contributed by atoms with E-state index in [-0.39, 0.29) is 0 Å². The van der Waals surface area contributed by atoms with Crippen molar-refractivity contribution < 1.29 is 4.74 Å². The van der Waals surface area contributed by atoms with Crippen LogP contribution in [0.3, 0.4) is 0 Å². The molecule has 122 valence electrons. The molecule has 0 radical (unpaired) electrons. The third kappa shape index (κ3) is 4.88. The Bertz CT molecular complexity index is 525. The van der Waals surface area contributed by atoms with Crippen LogP contribution in [0, 0.1) is 0 Å². The Morgan fingerprint density at radius 2 is 1.48 bits per heavy atom. The number of ether oxygens (including phenoxy) is 1. The van der Waals surface area contributed by atoms with Gasteiger partial charge in [-0.2, -0.15) is 0 Å². The van der Waals surface area contributed by atoms with Gasteiger partial charge in [0.1, 0.15) is 0 Å². The zero-order valence-corrected chi connectivity index (χ0v) is 14.8. The van der Waals surface area contributed by atoms with E-state index in [1.54, 1.807) is 0 Å². The summed E-state index contributed by atoms with van der Waals surface area (Å²) < 4.78 is 6.07. The predicted octanol–water partition coefficient (Wildman–Crippen LogP) is 4.50. The van der Waals surface area contributed by atoms with E-state index < -0.39 is 0 Å². The molecule has 2 aromatic carbocycles. The van der Waals surface area contributed by atoms with Gasteiger partial charge in [0, 0.05) is 19.1 Å². The van der Waals surface area contributed by atoms with E-state index in [0.717, 1.165) is 28.3 Å². The summed E-state index contributed by atoms with van der Waals surface area (Å²) in [6, 6.07) is 22.1. The summed E-state index contributed by atoms with van der Waals surface area (Å²) in [4.78, 5) is 2.58. The number of rotatable bonds is 6. The van der Waals surface area contributed by atoms with Crippen molar-refractivity contribution in [1.82, 2.24) is 4.90 Å². The molecule has 0 spiro atoms. The Hall–Kier alpha value is -1.21. The molecule has 0 N–H and O–H groups in total. The van der Waals surface area contributed by atoms with E-state index in [1.807, 2.05) is 0 Å². The van der Waals surface area contributed by atoms with Crippen LogP contribution in [-0.4, -0.2) is 30.1 Å². The lowest BCUT2D eigenvalue weighted by molar-refractivity contribution is -0.00503. The molecule has 0 aliphatic carbocycles. The van der Waals surface area contributed by atoms with Gasteiger partial charge in [0.2, 0.25) is 0 Å². The Morgan fingerprint density at radius 1 is 0.913 bits per heavy atom. The molecule has 2 aromatic rings. The average Bonchev–Trinajstić information content (AvgIpc) is 2.63. The summed E-state index contributed by atoms with van der Waals surface area (Å²) in [6.45, 7) is 5.09. The van der Waals surface area contributed by atoms with Crippen LogP contribution in [0.25, 0.3) is 0 Å². The van der Waals surface area contributed by atoms with Crippen molar-refractivity contribution in [2.75, 3.05) is 13.3 Å². The molecule has 3 rings (SSSR count). The zero-order valence-electron chi connectivity index (χ0n) is 13.8. The monoisotopic (exact) mass is 327 g/mol. The number of hydrogen-bond donors (Lipinski definition) is 0. The Balaban J connectivity index is 1.70. The molecule has 1 fully saturated rings. The molecule has 1 aliphatic heterocycles. The second-order valence-electron chi connectivity index (χ2n) is 6.22. The van der Waals surface area contributed by atoms with Gasteiger partial charge < -0.3 is 4.74 Å². The van der Waals surface area contributed by atoms with Gasteiger partial charge >= 0.3 is 0 Å². The first-order valence-corrected chi connectivity index (χ1v) is 10.0. The van der Waals surface area contributed by atoms with Crippen LogP contribution < -0.4 is 0 Å². The molecule has 23 heavy (non-hydrogen) atoms. The maximum atomic E-state index is 6.07. The Morgan fingerprint density at radius 3 is 1.91 bits per heavy atom. The molecular formula is C20H26NOP. The third-order valence-electron chi connectivity index (χ3n) is 4.55. The van der Waals surface area contributed by atoms with E-state index in [9.17, 15) is 0 Å². The molecule has 0 amide bonds. The second kappa shape index (κ2) is 8.59. The van der Waals surface area contributed by atoms with Crippen LogP contribution in [0.5, 0.6) is 0 Å². The molecule has 2 unspecified atom stereocenters. The fourth-order valence-corrected chi connectivity index (χ4v) is 3.92. The van der Waals surface area contributed by atoms with Gasteiger partial charge in [0.25, 0.3) is 0 Å². The van der Waals surface area contributed by atoms with Gasteiger partial charge in [-0.3, -0.25) is 4.90 Å². The van der Waals surface area contributed by atoms with Crippen LogP contribution in [0.15, 0.2) is 60.7 Å². The summed E-state index contributed by atoms with van der Waals surface area (Å²) in [5, 5.41) is 0. The van der Waals surface area contributed by atoms with Crippen molar-refractivity contribution >= 4 is 8.58 Å². The van der Waals surface area contributed by atoms with Crippen molar-refractivity contribution in [3.05, 3.63) is 71.8 Å². The maximum Gasteiger partial charge on any atom is 0.0735 e. The zero-order chi connectivity index (χ0) is 15.9. The van der Waals surface area contributed by atoms with Crippen LogP contribution in [0.2, 0.25) is 0 Å². The lowest BCUT2D eigenvalue weighted by atomic mass is 10.1. The SMILES string of the molecule is CP[C@@H]1CCC(N(Cc2ccccc2)Cc2ccccc2)CO1. The minimum Gasteiger partial charge on any atom is -0.372 e. The summed E-state index contributed by atoms with van der Waals surface area (Å²) in [6.07, 6.45) is 2.44. The molecule has 1 aliphatic rings. The summed E-state index contributed by atoms with van der Waals surface area (Å²) in [5.41, 5.74) is 2.76. The lowest BCUT2D eigenvalue weighted by Crippen LogP contribution is -2.41. The van der Waals surface area contributed by atoms with Crippen LogP contribution in [-0.2, 0) is 17.8 Å². The largest absolute Gasteiger partial charge is 0.372 e. The smallest absolute Gasteiger partial charge is 0.0735 e. The van der Waals surface area contributed by atoms with Crippen molar-refractivity contribution in [3.8, 4) is 0 Å². The molecule has 2 nitrogen and oxygen atoms in total. The topological polar surface area (TPSA) is 12.5 Å². The van der Waals surface area contributed by atoms with E-state index in [1.165, 1.54) is 24.0 Å². The van der Waals surface area contributed by atoms with Gasteiger partial charge in [0.05, 0.1) is 12.5 Å². The van der Waals surface area contributed by atoms with E-state index in [4.69, 9.17) is 4.74 Å². The van der Waals surface area contributed by atoms with Gasteiger partial charge in [-0.15, -0.1) is 0 Å². The number of nitrogens with zero attached hydrogens (tertiary/aromatic N) is 1. The highest BCUT2D eigenvalue weighted by atomic mass is 31.1. The van der Waals surface area contributed by atoms with Gasteiger partial charge in [-0.05, 0) is 30.6 Å². The predicted molar refractivity (Wildman–Crippen MR) is 99.1 cm³/mol. The van der Waals surface area contributed by atoms with Crippen molar-refractivity contribution in [1.29, 1.82) is 0 Å². The van der Waals surface area contributed by atoms with Crippen LogP contribution >= 0.6 is 8.58 Å². The normalized spacial score (nSPS) is 22.0. The molecule has 0 aromatic heterocycles. The standard InChI is InChI=1S/C20H26NOP/c1-23-20-13-12-19(16-22-20)21(14-17-8-4-2-5-9-17)15-18-10-6-3-7-11-18/h2-11,19-20,23H,12-16H2,1H3/t19?,20-/m1/s1. The highest BCUT2D eigenvalue weighted by Gasteiger charge is 2.25. The molecule has 1 saturated heterocycles. The molecule has 3 heteroatoms. The van der Waals surface area contributed by atoms with Crippen LogP contribution in [0.4, 0.5) is 0 Å². The first kappa shape index (κ1) is 16.6. The van der Waals surface area contributed by atoms with E-state index in [0.29, 0.717) is 11.9 Å². The molecule has 0 bridgehead atoms. The first-order chi connectivity index (χ1) is 11.3. The minimum atomic E-state index is 0.488. The van der Waals surface area contributed by atoms with E-state index in [2.05, 4.69) is 72.2 Å². The fraction of sp³-hybridized carbons (Fsp3) is 0.400. The van der Waals surface area contributed by atoms with Gasteiger partial charge in [0.15, 0.2) is 0 Å². The fourth-order valence-electron chi connectivity index (χ4n) is 3.20. The minimum absolute atomic E-state index is 0.488. The Kier molecular flexibility index (Phi) is 6.21. The number of benzene rings is 2. The summed E-state index contributed by atoms with van der Waals surface area (Å²) in [7, 11) is 0.897. The van der Waals surface area contributed by atoms with Crippen molar-refractivity contribution in [2.24, 2.45) is 0 Å². The lowest BCUT2D eigenvalue weighted by Gasteiger charge is -2.37. The first-order valence-electron chi connectivity index (χ1n) is 8.46. The third-order valence-corrected chi connectivity index (χ3v) is 5.65. The maximum absolute atomic E-state index is 6.07. The number of hydrogen-bond acceptors (Lipinski definition) is 2.